The number of unbranched alkanes of at least 4 members (excludes halogenated alkanes) is 2. The number of benzene rings is 2. The van der Waals surface area contributed by atoms with E-state index < -0.39 is 0 Å². The predicted molar refractivity (Wildman–Crippen MR) is 98.7 cm³/mol. The highest BCUT2D eigenvalue weighted by molar-refractivity contribution is 5.63. The number of aromatic nitrogens is 3. The molecule has 0 fully saturated rings. The Balaban J connectivity index is 2.00. The Labute approximate surface area is 143 Å². The predicted octanol–water partition coefficient (Wildman–Crippen LogP) is 5.25. The van der Waals surface area contributed by atoms with Crippen LogP contribution in [0.5, 0.6) is 0 Å². The minimum absolute atomic E-state index is 0.737. The topological polar surface area (TPSA) is 38.7 Å². The first-order valence-electron chi connectivity index (χ1n) is 8.64. The fourth-order valence-corrected chi connectivity index (χ4v) is 2.84. The summed E-state index contributed by atoms with van der Waals surface area (Å²) in [4.78, 5) is 13.8. The van der Waals surface area contributed by atoms with Gasteiger partial charge in [-0.05, 0) is 25.3 Å². The van der Waals surface area contributed by atoms with E-state index in [9.17, 15) is 0 Å². The highest BCUT2D eigenvalue weighted by Crippen LogP contribution is 2.24. The van der Waals surface area contributed by atoms with Crippen LogP contribution in [0, 0.1) is 6.92 Å². The summed E-state index contributed by atoms with van der Waals surface area (Å²) in [6, 6.07) is 18.5. The molecule has 3 aromatic rings. The molecule has 0 unspecified atom stereocenters. The van der Waals surface area contributed by atoms with Gasteiger partial charge in [-0.15, -0.1) is 0 Å². The van der Waals surface area contributed by atoms with Crippen LogP contribution in [0.2, 0.25) is 0 Å². The zero-order chi connectivity index (χ0) is 16.8. The van der Waals surface area contributed by atoms with Gasteiger partial charge in [-0.1, -0.05) is 74.4 Å². The number of rotatable bonds is 6. The van der Waals surface area contributed by atoms with E-state index in [1.54, 1.807) is 0 Å². The molecule has 0 bridgehead atoms. The molecule has 0 aliphatic carbocycles. The summed E-state index contributed by atoms with van der Waals surface area (Å²) in [5.41, 5.74) is 3.46. The first-order chi connectivity index (χ1) is 11.8. The van der Waals surface area contributed by atoms with Crippen LogP contribution in [-0.4, -0.2) is 15.0 Å². The average Bonchev–Trinajstić information content (AvgIpc) is 2.62. The van der Waals surface area contributed by atoms with Gasteiger partial charge in [0.05, 0.1) is 0 Å². The fourth-order valence-electron chi connectivity index (χ4n) is 2.84. The second-order valence-corrected chi connectivity index (χ2v) is 6.01. The van der Waals surface area contributed by atoms with Gasteiger partial charge in [0.15, 0.2) is 11.6 Å². The summed E-state index contributed by atoms with van der Waals surface area (Å²) in [5.74, 6) is 2.26. The molecule has 3 nitrogen and oxygen atoms in total. The van der Waals surface area contributed by atoms with E-state index in [0.29, 0.717) is 0 Å². The van der Waals surface area contributed by atoms with Crippen LogP contribution >= 0.6 is 0 Å². The summed E-state index contributed by atoms with van der Waals surface area (Å²) >= 11 is 0. The van der Waals surface area contributed by atoms with E-state index in [1.807, 2.05) is 37.3 Å². The number of hydrogen-bond donors (Lipinski definition) is 0. The second kappa shape index (κ2) is 7.82. The molecule has 0 N–H and O–H groups in total. The Hall–Kier alpha value is -2.55. The molecule has 0 radical (unpaired) electrons. The molecule has 0 aliphatic rings. The third kappa shape index (κ3) is 3.85. The molecule has 3 heteroatoms. The van der Waals surface area contributed by atoms with E-state index in [2.05, 4.69) is 41.2 Å². The van der Waals surface area contributed by atoms with E-state index >= 15 is 0 Å². The normalized spacial score (nSPS) is 10.8. The highest BCUT2D eigenvalue weighted by Gasteiger charge is 2.11. The molecule has 0 atom stereocenters. The quantitative estimate of drug-likeness (QED) is 0.583. The second-order valence-electron chi connectivity index (χ2n) is 6.01. The van der Waals surface area contributed by atoms with Crippen LogP contribution in [-0.2, 0) is 6.42 Å². The van der Waals surface area contributed by atoms with Crippen molar-refractivity contribution in [1.82, 2.24) is 15.0 Å². The smallest absolute Gasteiger partial charge is 0.163 e. The lowest BCUT2D eigenvalue weighted by Crippen LogP contribution is -2.01. The number of aryl methyl sites for hydroxylation is 2. The molecule has 0 amide bonds. The van der Waals surface area contributed by atoms with Crippen molar-refractivity contribution in [1.29, 1.82) is 0 Å². The van der Waals surface area contributed by atoms with Crippen molar-refractivity contribution in [2.75, 3.05) is 0 Å². The number of hydrogen-bond acceptors (Lipinski definition) is 3. The van der Waals surface area contributed by atoms with Crippen LogP contribution in [0.4, 0.5) is 0 Å². The van der Waals surface area contributed by atoms with Gasteiger partial charge in [-0.25, -0.2) is 15.0 Å². The maximum Gasteiger partial charge on any atom is 0.163 e. The van der Waals surface area contributed by atoms with Gasteiger partial charge in [0.2, 0.25) is 0 Å². The maximum atomic E-state index is 4.74. The maximum absolute atomic E-state index is 4.74. The Bertz CT molecular complexity index is 797. The van der Waals surface area contributed by atoms with E-state index in [1.165, 1.54) is 24.8 Å². The Morgan fingerprint density at radius 1 is 0.750 bits per heavy atom. The minimum Gasteiger partial charge on any atom is -0.213 e. The summed E-state index contributed by atoms with van der Waals surface area (Å²) in [6.07, 6.45) is 4.74. The Morgan fingerprint density at radius 2 is 1.46 bits per heavy atom. The van der Waals surface area contributed by atoms with Crippen molar-refractivity contribution < 1.29 is 0 Å². The van der Waals surface area contributed by atoms with E-state index in [-0.39, 0.29) is 0 Å². The van der Waals surface area contributed by atoms with Crippen LogP contribution in [0.3, 0.4) is 0 Å². The van der Waals surface area contributed by atoms with Crippen molar-refractivity contribution in [3.8, 4) is 22.8 Å². The standard InChI is InChI=1S/C21H23N3/c1-3-4-6-11-17-12-9-10-15-19(17)21-23-16(2)22-20(24-21)18-13-7-5-8-14-18/h5,7-10,12-15H,3-4,6,11H2,1-2H3. The van der Waals surface area contributed by atoms with E-state index in [4.69, 9.17) is 4.98 Å². The van der Waals surface area contributed by atoms with Crippen molar-refractivity contribution in [3.05, 3.63) is 66.0 Å². The molecule has 0 saturated carbocycles. The molecule has 3 rings (SSSR count). The van der Waals surface area contributed by atoms with Crippen molar-refractivity contribution >= 4 is 0 Å². The van der Waals surface area contributed by atoms with Crippen molar-refractivity contribution in [3.63, 3.8) is 0 Å². The molecule has 1 aromatic heterocycles. The fraction of sp³-hybridized carbons (Fsp3) is 0.286. The van der Waals surface area contributed by atoms with Gasteiger partial charge < -0.3 is 0 Å². The summed E-state index contributed by atoms with van der Waals surface area (Å²) in [6.45, 7) is 4.16. The largest absolute Gasteiger partial charge is 0.213 e. The van der Waals surface area contributed by atoms with Crippen LogP contribution in [0.15, 0.2) is 54.6 Å². The van der Waals surface area contributed by atoms with Crippen LogP contribution in [0.1, 0.15) is 37.6 Å². The molecule has 0 aliphatic heterocycles. The van der Waals surface area contributed by atoms with Gasteiger partial charge in [0, 0.05) is 11.1 Å². The highest BCUT2D eigenvalue weighted by atomic mass is 15.0. The zero-order valence-corrected chi connectivity index (χ0v) is 14.4. The van der Waals surface area contributed by atoms with Crippen molar-refractivity contribution in [2.45, 2.75) is 39.5 Å². The number of nitrogens with zero attached hydrogens (tertiary/aromatic N) is 3. The van der Waals surface area contributed by atoms with Crippen LogP contribution < -0.4 is 0 Å². The van der Waals surface area contributed by atoms with Gasteiger partial charge in [-0.3, -0.25) is 0 Å². The summed E-state index contributed by atoms with van der Waals surface area (Å²) in [7, 11) is 0. The Kier molecular flexibility index (Phi) is 5.32. The lowest BCUT2D eigenvalue weighted by molar-refractivity contribution is 0.717. The minimum atomic E-state index is 0.737. The average molecular weight is 317 g/mol. The lowest BCUT2D eigenvalue weighted by atomic mass is 10.0. The molecular weight excluding hydrogens is 294 g/mol. The first kappa shape index (κ1) is 16.3. The third-order valence-corrected chi connectivity index (χ3v) is 4.09. The van der Waals surface area contributed by atoms with Crippen LogP contribution in [0.25, 0.3) is 22.8 Å². The summed E-state index contributed by atoms with van der Waals surface area (Å²) < 4.78 is 0. The molecule has 1 heterocycles. The molecule has 2 aromatic carbocycles. The van der Waals surface area contributed by atoms with Crippen molar-refractivity contribution in [2.24, 2.45) is 0 Å². The molecule has 0 spiro atoms. The molecule has 24 heavy (non-hydrogen) atoms. The Morgan fingerprint density at radius 3 is 2.25 bits per heavy atom. The monoisotopic (exact) mass is 317 g/mol. The third-order valence-electron chi connectivity index (χ3n) is 4.09. The molecule has 0 saturated heterocycles. The lowest BCUT2D eigenvalue weighted by Gasteiger charge is -2.10. The molecular formula is C21H23N3. The zero-order valence-electron chi connectivity index (χ0n) is 14.4. The summed E-state index contributed by atoms with van der Waals surface area (Å²) in [5, 5.41) is 0. The van der Waals surface area contributed by atoms with Gasteiger partial charge in [0.25, 0.3) is 0 Å². The van der Waals surface area contributed by atoms with Gasteiger partial charge >= 0.3 is 0 Å². The molecule has 122 valence electrons. The first-order valence-corrected chi connectivity index (χ1v) is 8.64. The SMILES string of the molecule is CCCCCc1ccccc1-c1nc(C)nc(-c2ccccc2)n1. The van der Waals surface area contributed by atoms with Gasteiger partial charge in [-0.2, -0.15) is 0 Å². The van der Waals surface area contributed by atoms with E-state index in [0.717, 1.165) is 35.0 Å². The van der Waals surface area contributed by atoms with Gasteiger partial charge in [0.1, 0.15) is 5.82 Å².